The van der Waals surface area contributed by atoms with Crippen LogP contribution in [0.2, 0.25) is 0 Å². The number of fused-ring (bicyclic) bond motifs is 1. The van der Waals surface area contributed by atoms with Crippen molar-refractivity contribution in [2.45, 2.75) is 45.6 Å². The highest BCUT2D eigenvalue weighted by Crippen LogP contribution is 2.24. The van der Waals surface area contributed by atoms with Crippen LogP contribution in [0.5, 0.6) is 0 Å². The fourth-order valence-electron chi connectivity index (χ4n) is 3.85. The molecule has 2 heterocycles. The summed E-state index contributed by atoms with van der Waals surface area (Å²) < 4.78 is 7.45. The summed E-state index contributed by atoms with van der Waals surface area (Å²) in [5.74, 6) is -1.42. The molecule has 2 aromatic carbocycles. The molecule has 0 spiro atoms. The van der Waals surface area contributed by atoms with E-state index in [0.717, 1.165) is 34.4 Å². The third-order valence-corrected chi connectivity index (χ3v) is 6.74. The van der Waals surface area contributed by atoms with Gasteiger partial charge in [-0.3, -0.25) is 24.1 Å². The second-order valence-corrected chi connectivity index (χ2v) is 9.05. The first kappa shape index (κ1) is 23.6. The molecule has 1 aromatic heterocycles. The maximum Gasteiger partial charge on any atom is 0.325 e. The molecule has 9 heteroatoms. The minimum atomic E-state index is -0.484. The molecule has 8 nitrogen and oxygen atoms in total. The van der Waals surface area contributed by atoms with Crippen molar-refractivity contribution in [2.24, 2.45) is 4.99 Å². The highest BCUT2D eigenvalue weighted by molar-refractivity contribution is 7.16. The Morgan fingerprint density at radius 1 is 1.06 bits per heavy atom. The van der Waals surface area contributed by atoms with E-state index in [9.17, 15) is 19.2 Å². The molecule has 0 unspecified atom stereocenters. The highest BCUT2D eigenvalue weighted by atomic mass is 32.1. The number of aryl methyl sites for hydroxylation is 1. The van der Waals surface area contributed by atoms with Crippen LogP contribution in [0.1, 0.15) is 48.5 Å². The van der Waals surface area contributed by atoms with E-state index in [1.165, 1.54) is 24.0 Å². The van der Waals surface area contributed by atoms with Crippen molar-refractivity contribution in [3.05, 3.63) is 58.4 Å². The van der Waals surface area contributed by atoms with Gasteiger partial charge in [0.05, 0.1) is 23.0 Å². The number of carbonyl (C=O) groups excluding carboxylic acids is 4. The molecule has 1 saturated heterocycles. The number of methoxy groups -OCH3 is 1. The number of thiazole rings is 1. The van der Waals surface area contributed by atoms with Crippen molar-refractivity contribution in [1.29, 1.82) is 0 Å². The lowest BCUT2D eigenvalue weighted by molar-refractivity contribution is -0.141. The van der Waals surface area contributed by atoms with Crippen LogP contribution < -0.4 is 9.70 Å². The van der Waals surface area contributed by atoms with Crippen LogP contribution in [-0.4, -0.2) is 35.4 Å². The second-order valence-electron chi connectivity index (χ2n) is 8.04. The smallest absolute Gasteiger partial charge is 0.325 e. The third kappa shape index (κ3) is 4.84. The standard InChI is InChI=1S/C25H25N3O5S/c1-3-4-5-16-6-11-19-20(14-16)34-25(27(19)15-23(31)33-2)26-24(32)17-7-9-18(10-8-17)28-21(29)12-13-22(28)30/h6-11,14H,3-5,12-13,15H2,1-2H3. The zero-order valence-electron chi connectivity index (χ0n) is 19.1. The van der Waals surface area contributed by atoms with Gasteiger partial charge >= 0.3 is 5.97 Å². The summed E-state index contributed by atoms with van der Waals surface area (Å²) in [6.45, 7) is 2.08. The number of ether oxygens (including phenoxy) is 1. The first-order valence-electron chi connectivity index (χ1n) is 11.1. The van der Waals surface area contributed by atoms with Crippen LogP contribution in [0.15, 0.2) is 47.5 Å². The van der Waals surface area contributed by atoms with E-state index in [1.807, 2.05) is 12.1 Å². The Hall–Kier alpha value is -3.59. The van der Waals surface area contributed by atoms with E-state index in [0.29, 0.717) is 16.1 Å². The molecular weight excluding hydrogens is 454 g/mol. The van der Waals surface area contributed by atoms with Crippen molar-refractivity contribution in [2.75, 3.05) is 12.0 Å². The molecule has 4 rings (SSSR count). The number of rotatable bonds is 7. The van der Waals surface area contributed by atoms with Crippen LogP contribution in [0.4, 0.5) is 5.69 Å². The van der Waals surface area contributed by atoms with Crippen LogP contribution in [0.25, 0.3) is 10.2 Å². The number of nitrogens with zero attached hydrogens (tertiary/aromatic N) is 3. The lowest BCUT2D eigenvalue weighted by atomic mass is 10.1. The Morgan fingerprint density at radius 3 is 2.41 bits per heavy atom. The van der Waals surface area contributed by atoms with Crippen molar-refractivity contribution < 1.29 is 23.9 Å². The molecule has 34 heavy (non-hydrogen) atoms. The number of benzene rings is 2. The summed E-state index contributed by atoms with van der Waals surface area (Å²) in [6.07, 6.45) is 3.53. The monoisotopic (exact) mass is 479 g/mol. The van der Waals surface area contributed by atoms with E-state index in [-0.39, 0.29) is 31.2 Å². The molecule has 0 saturated carbocycles. The largest absolute Gasteiger partial charge is 0.468 e. The Labute approximate surface area is 200 Å². The number of anilines is 1. The van der Waals surface area contributed by atoms with Crippen molar-refractivity contribution in [3.8, 4) is 0 Å². The SMILES string of the molecule is CCCCc1ccc2c(c1)sc(=NC(=O)c1ccc(N3C(=O)CCC3=O)cc1)n2CC(=O)OC. The molecular formula is C25H25N3O5S. The van der Waals surface area contributed by atoms with Gasteiger partial charge in [-0.05, 0) is 54.8 Å². The highest BCUT2D eigenvalue weighted by Gasteiger charge is 2.30. The third-order valence-electron chi connectivity index (χ3n) is 5.70. The Morgan fingerprint density at radius 2 is 1.76 bits per heavy atom. The van der Waals surface area contributed by atoms with Gasteiger partial charge in [0.1, 0.15) is 6.54 Å². The van der Waals surface area contributed by atoms with Gasteiger partial charge in [-0.1, -0.05) is 30.7 Å². The molecule has 1 aliphatic rings. The number of hydrogen-bond acceptors (Lipinski definition) is 6. The maximum absolute atomic E-state index is 12.9. The number of amides is 3. The summed E-state index contributed by atoms with van der Waals surface area (Å²) in [6, 6.07) is 12.3. The fourth-order valence-corrected chi connectivity index (χ4v) is 4.95. The number of hydrogen-bond donors (Lipinski definition) is 0. The lowest BCUT2D eigenvalue weighted by Crippen LogP contribution is -2.28. The van der Waals surface area contributed by atoms with E-state index >= 15 is 0 Å². The summed E-state index contributed by atoms with van der Waals surface area (Å²) >= 11 is 1.34. The zero-order valence-corrected chi connectivity index (χ0v) is 19.9. The van der Waals surface area contributed by atoms with Crippen LogP contribution in [0.3, 0.4) is 0 Å². The first-order valence-corrected chi connectivity index (χ1v) is 12.0. The van der Waals surface area contributed by atoms with Gasteiger partial charge in [0.15, 0.2) is 4.80 Å². The minimum absolute atomic E-state index is 0.0605. The average Bonchev–Trinajstić information content (AvgIpc) is 3.35. The Balaban J connectivity index is 1.68. The molecule has 0 atom stereocenters. The van der Waals surface area contributed by atoms with Gasteiger partial charge in [0.25, 0.3) is 5.91 Å². The molecule has 0 bridgehead atoms. The Bertz CT molecular complexity index is 1320. The summed E-state index contributed by atoms with van der Waals surface area (Å²) in [7, 11) is 1.32. The van der Waals surface area contributed by atoms with Crippen molar-refractivity contribution in [1.82, 2.24) is 4.57 Å². The molecule has 1 fully saturated rings. The molecule has 0 aliphatic carbocycles. The fraction of sp³-hybridized carbons (Fsp3) is 0.320. The predicted molar refractivity (Wildman–Crippen MR) is 129 cm³/mol. The molecule has 3 aromatic rings. The first-order chi connectivity index (χ1) is 16.4. The van der Waals surface area contributed by atoms with Gasteiger partial charge < -0.3 is 9.30 Å². The molecule has 0 radical (unpaired) electrons. The quantitative estimate of drug-likeness (QED) is 0.381. The molecule has 1 aliphatic heterocycles. The number of aromatic nitrogens is 1. The van der Waals surface area contributed by atoms with Gasteiger partial charge in [-0.15, -0.1) is 0 Å². The van der Waals surface area contributed by atoms with Crippen molar-refractivity contribution >= 4 is 50.9 Å². The van der Waals surface area contributed by atoms with Crippen molar-refractivity contribution in [3.63, 3.8) is 0 Å². The van der Waals surface area contributed by atoms with Gasteiger partial charge in [0, 0.05) is 18.4 Å². The van der Waals surface area contributed by atoms with E-state index in [1.54, 1.807) is 28.8 Å². The van der Waals surface area contributed by atoms with E-state index in [4.69, 9.17) is 4.74 Å². The number of esters is 1. The van der Waals surface area contributed by atoms with Gasteiger partial charge in [-0.25, -0.2) is 0 Å². The van der Waals surface area contributed by atoms with Crippen LogP contribution in [-0.2, 0) is 32.1 Å². The summed E-state index contributed by atoms with van der Waals surface area (Å²) in [5.41, 5.74) is 2.75. The van der Waals surface area contributed by atoms with E-state index in [2.05, 4.69) is 18.0 Å². The summed E-state index contributed by atoms with van der Waals surface area (Å²) in [5, 5.41) is 0. The molecule has 0 N–H and O–H groups in total. The number of unbranched alkanes of at least 4 members (excludes halogenated alkanes) is 1. The predicted octanol–water partition coefficient (Wildman–Crippen LogP) is 3.61. The zero-order chi connectivity index (χ0) is 24.2. The van der Waals surface area contributed by atoms with Crippen LogP contribution >= 0.6 is 11.3 Å². The van der Waals surface area contributed by atoms with Gasteiger partial charge in [0.2, 0.25) is 11.8 Å². The van der Waals surface area contributed by atoms with Crippen LogP contribution in [0, 0.1) is 0 Å². The van der Waals surface area contributed by atoms with E-state index < -0.39 is 11.9 Å². The Kier molecular flexibility index (Phi) is 7.02. The number of imide groups is 1. The molecule has 176 valence electrons. The minimum Gasteiger partial charge on any atom is -0.468 e. The van der Waals surface area contributed by atoms with Gasteiger partial charge in [-0.2, -0.15) is 4.99 Å². The maximum atomic E-state index is 12.9. The normalized spacial score (nSPS) is 14.3. The second kappa shape index (κ2) is 10.1. The molecule has 3 amide bonds. The number of carbonyl (C=O) groups is 4. The summed E-state index contributed by atoms with van der Waals surface area (Å²) in [4.78, 5) is 54.7. The topological polar surface area (TPSA) is 98.0 Å². The lowest BCUT2D eigenvalue weighted by Gasteiger charge is -2.13. The average molecular weight is 480 g/mol.